The first-order valence-electron chi connectivity index (χ1n) is 3.21. The summed E-state index contributed by atoms with van der Waals surface area (Å²) in [6, 6.07) is 0. The lowest BCUT2D eigenvalue weighted by molar-refractivity contribution is -0.125. The first-order chi connectivity index (χ1) is 4.84. The van der Waals surface area contributed by atoms with Crippen molar-refractivity contribution in [3.8, 4) is 11.8 Å². The molecule has 0 radical (unpaired) electrons. The molecule has 0 N–H and O–H groups in total. The van der Waals surface area contributed by atoms with Crippen molar-refractivity contribution in [3.63, 3.8) is 0 Å². The molecular weight excluding hydrogens is 126 g/mol. The number of hydrogen-bond donors (Lipinski definition) is 0. The zero-order valence-electron chi connectivity index (χ0n) is 5.76. The molecule has 0 saturated carbocycles. The smallest absolute Gasteiger partial charge is 0.246 e. The second-order valence-corrected chi connectivity index (χ2v) is 2.07. The minimum atomic E-state index is -0.0194. The molecule has 0 aromatic rings. The minimum absolute atomic E-state index is 0.0194. The predicted octanol–water partition coefficient (Wildman–Crippen LogP) is 0.408. The Morgan fingerprint density at radius 2 is 2.40 bits per heavy atom. The summed E-state index contributed by atoms with van der Waals surface area (Å²) in [7, 11) is 0. The van der Waals surface area contributed by atoms with Crippen LogP contribution in [-0.2, 0) is 4.79 Å². The van der Waals surface area contributed by atoms with Crippen LogP contribution in [0.3, 0.4) is 0 Å². The summed E-state index contributed by atoms with van der Waals surface area (Å²) in [5, 5.41) is 0. The maximum atomic E-state index is 10.9. The van der Waals surface area contributed by atoms with Gasteiger partial charge in [-0.25, -0.2) is 0 Å². The predicted molar refractivity (Wildman–Crippen MR) is 39.2 cm³/mol. The molecule has 1 rings (SSSR count). The molecule has 0 saturated heterocycles. The Hall–Kier alpha value is -1.23. The fourth-order valence-electron chi connectivity index (χ4n) is 0.827. The largest absolute Gasteiger partial charge is 0.327 e. The lowest BCUT2D eigenvalue weighted by Gasteiger charge is -2.18. The van der Waals surface area contributed by atoms with Crippen LogP contribution in [0, 0.1) is 11.8 Å². The molecule has 1 amide bonds. The van der Waals surface area contributed by atoms with Gasteiger partial charge in [0.15, 0.2) is 0 Å². The molecule has 0 aliphatic carbocycles. The molecule has 52 valence electrons. The summed E-state index contributed by atoms with van der Waals surface area (Å²) in [6.07, 6.45) is 2.12. The molecular formula is C8H9NO. The third-order valence-corrected chi connectivity index (χ3v) is 1.39. The monoisotopic (exact) mass is 135 g/mol. The van der Waals surface area contributed by atoms with Crippen LogP contribution in [0.1, 0.15) is 6.42 Å². The highest BCUT2D eigenvalue weighted by Gasteiger charge is 2.08. The van der Waals surface area contributed by atoms with E-state index in [9.17, 15) is 4.79 Å². The molecule has 0 aromatic carbocycles. The molecule has 0 aromatic heterocycles. The van der Waals surface area contributed by atoms with Gasteiger partial charge in [0.05, 0.1) is 6.54 Å². The first-order valence-corrected chi connectivity index (χ1v) is 3.21. The SMILES string of the molecule is C=CC(=O)N1CC#CCC1. The zero-order chi connectivity index (χ0) is 7.40. The third-order valence-electron chi connectivity index (χ3n) is 1.39. The van der Waals surface area contributed by atoms with E-state index in [1.807, 2.05) is 0 Å². The Kier molecular flexibility index (Phi) is 2.11. The van der Waals surface area contributed by atoms with Gasteiger partial charge < -0.3 is 4.90 Å². The normalized spacial score (nSPS) is 15.4. The van der Waals surface area contributed by atoms with Gasteiger partial charge in [0.2, 0.25) is 5.91 Å². The van der Waals surface area contributed by atoms with E-state index in [1.54, 1.807) is 4.90 Å². The quantitative estimate of drug-likeness (QED) is 0.376. The van der Waals surface area contributed by atoms with Crippen LogP contribution in [0.25, 0.3) is 0 Å². The van der Waals surface area contributed by atoms with Crippen molar-refractivity contribution >= 4 is 5.91 Å². The summed E-state index contributed by atoms with van der Waals surface area (Å²) >= 11 is 0. The zero-order valence-corrected chi connectivity index (χ0v) is 5.76. The van der Waals surface area contributed by atoms with Gasteiger partial charge in [-0.15, -0.1) is 0 Å². The number of rotatable bonds is 1. The van der Waals surface area contributed by atoms with Gasteiger partial charge in [-0.3, -0.25) is 4.79 Å². The Balaban J connectivity index is 2.52. The van der Waals surface area contributed by atoms with Crippen LogP contribution in [0.4, 0.5) is 0 Å². The molecule has 2 nitrogen and oxygen atoms in total. The summed E-state index contributed by atoms with van der Waals surface area (Å²) in [4.78, 5) is 12.6. The van der Waals surface area contributed by atoms with E-state index in [0.717, 1.165) is 13.0 Å². The molecule has 0 unspecified atom stereocenters. The second-order valence-electron chi connectivity index (χ2n) is 2.07. The van der Waals surface area contributed by atoms with Crippen LogP contribution >= 0.6 is 0 Å². The summed E-state index contributed by atoms with van der Waals surface area (Å²) in [6.45, 7) is 4.70. The van der Waals surface area contributed by atoms with Gasteiger partial charge >= 0.3 is 0 Å². The number of carbonyl (C=O) groups is 1. The van der Waals surface area contributed by atoms with Crippen molar-refractivity contribution < 1.29 is 4.79 Å². The topological polar surface area (TPSA) is 20.3 Å². The summed E-state index contributed by atoms with van der Waals surface area (Å²) < 4.78 is 0. The molecule has 0 spiro atoms. The highest BCUT2D eigenvalue weighted by Crippen LogP contribution is 1.96. The maximum absolute atomic E-state index is 10.9. The van der Waals surface area contributed by atoms with Gasteiger partial charge in [0, 0.05) is 13.0 Å². The highest BCUT2D eigenvalue weighted by molar-refractivity contribution is 5.87. The van der Waals surface area contributed by atoms with Crippen LogP contribution in [0.2, 0.25) is 0 Å². The lowest BCUT2D eigenvalue weighted by Crippen LogP contribution is -2.32. The Labute approximate surface area is 60.5 Å². The summed E-state index contributed by atoms with van der Waals surface area (Å²) in [5.41, 5.74) is 0. The Morgan fingerprint density at radius 3 is 2.90 bits per heavy atom. The van der Waals surface area contributed by atoms with Crippen molar-refractivity contribution in [3.05, 3.63) is 12.7 Å². The van der Waals surface area contributed by atoms with Gasteiger partial charge in [-0.05, 0) is 6.08 Å². The number of carbonyl (C=O) groups excluding carboxylic acids is 1. The Bertz CT molecular complexity index is 209. The van der Waals surface area contributed by atoms with E-state index < -0.39 is 0 Å². The molecule has 1 heterocycles. The second kappa shape index (κ2) is 3.07. The van der Waals surface area contributed by atoms with E-state index in [0.29, 0.717) is 6.54 Å². The van der Waals surface area contributed by atoms with Gasteiger partial charge in [-0.2, -0.15) is 0 Å². The van der Waals surface area contributed by atoms with Crippen LogP contribution in [0.5, 0.6) is 0 Å². The number of nitrogens with zero attached hydrogens (tertiary/aromatic N) is 1. The standard InChI is InChI=1S/C8H9NO/c1-2-8(10)9-6-4-3-5-7-9/h2H,1,4,6-7H2. The number of hydrogen-bond acceptors (Lipinski definition) is 1. The van der Waals surface area contributed by atoms with E-state index in [2.05, 4.69) is 18.4 Å². The molecule has 10 heavy (non-hydrogen) atoms. The minimum Gasteiger partial charge on any atom is -0.327 e. The fraction of sp³-hybridized carbons (Fsp3) is 0.375. The lowest BCUT2D eigenvalue weighted by atomic mass is 10.3. The summed E-state index contributed by atoms with van der Waals surface area (Å²) in [5.74, 6) is 5.75. The van der Waals surface area contributed by atoms with Crippen molar-refractivity contribution in [2.75, 3.05) is 13.1 Å². The fourth-order valence-corrected chi connectivity index (χ4v) is 0.827. The first kappa shape index (κ1) is 6.88. The maximum Gasteiger partial charge on any atom is 0.246 e. The highest BCUT2D eigenvalue weighted by atomic mass is 16.2. The van der Waals surface area contributed by atoms with Crippen molar-refractivity contribution in [2.24, 2.45) is 0 Å². The number of amides is 1. The molecule has 1 aliphatic rings. The molecule has 0 bridgehead atoms. The molecule has 0 fully saturated rings. The van der Waals surface area contributed by atoms with Crippen LogP contribution in [-0.4, -0.2) is 23.9 Å². The molecule has 2 heteroatoms. The van der Waals surface area contributed by atoms with E-state index in [4.69, 9.17) is 0 Å². The van der Waals surface area contributed by atoms with Gasteiger partial charge in [-0.1, -0.05) is 18.4 Å². The van der Waals surface area contributed by atoms with E-state index in [-0.39, 0.29) is 5.91 Å². The van der Waals surface area contributed by atoms with Crippen molar-refractivity contribution in [1.29, 1.82) is 0 Å². The van der Waals surface area contributed by atoms with Gasteiger partial charge in [0.1, 0.15) is 0 Å². The average molecular weight is 135 g/mol. The van der Waals surface area contributed by atoms with Crippen LogP contribution in [0.15, 0.2) is 12.7 Å². The van der Waals surface area contributed by atoms with E-state index in [1.165, 1.54) is 6.08 Å². The van der Waals surface area contributed by atoms with E-state index >= 15 is 0 Å². The van der Waals surface area contributed by atoms with Crippen molar-refractivity contribution in [2.45, 2.75) is 6.42 Å². The molecule has 0 atom stereocenters. The molecule has 1 aliphatic heterocycles. The third kappa shape index (κ3) is 1.38. The van der Waals surface area contributed by atoms with Crippen LogP contribution < -0.4 is 0 Å². The van der Waals surface area contributed by atoms with Crippen molar-refractivity contribution in [1.82, 2.24) is 4.90 Å². The Morgan fingerprint density at radius 1 is 1.60 bits per heavy atom. The van der Waals surface area contributed by atoms with Gasteiger partial charge in [0.25, 0.3) is 0 Å². The average Bonchev–Trinajstić information content (AvgIpc) is 2.05.